The van der Waals surface area contributed by atoms with Crippen LogP contribution in [0, 0.1) is 6.92 Å². The van der Waals surface area contributed by atoms with E-state index in [-0.39, 0.29) is 6.10 Å². The summed E-state index contributed by atoms with van der Waals surface area (Å²) in [6.45, 7) is 7.75. The molecule has 0 bridgehead atoms. The second-order valence-electron chi connectivity index (χ2n) is 4.49. The Balaban J connectivity index is 2.30. The molecule has 3 N–H and O–H groups in total. The summed E-state index contributed by atoms with van der Waals surface area (Å²) in [6.07, 6.45) is 2.00. The van der Waals surface area contributed by atoms with Crippen LogP contribution in [0.3, 0.4) is 0 Å². The van der Waals surface area contributed by atoms with Crippen LogP contribution in [0.25, 0.3) is 0 Å². The molecule has 6 nitrogen and oxygen atoms in total. The van der Waals surface area contributed by atoms with E-state index in [1.807, 2.05) is 6.92 Å². The highest BCUT2D eigenvalue weighted by molar-refractivity contribution is 5.50. The largest absolute Gasteiger partial charge is 0.375 e. The van der Waals surface area contributed by atoms with Crippen molar-refractivity contribution in [1.29, 1.82) is 0 Å². The zero-order chi connectivity index (χ0) is 12.4. The van der Waals surface area contributed by atoms with Crippen molar-refractivity contribution in [3.05, 3.63) is 11.8 Å². The summed E-state index contributed by atoms with van der Waals surface area (Å²) >= 11 is 0. The smallest absolute Gasteiger partial charge is 0.239 e. The van der Waals surface area contributed by atoms with E-state index in [2.05, 4.69) is 34.1 Å². The lowest BCUT2D eigenvalue weighted by atomic mass is 10.2. The van der Waals surface area contributed by atoms with Gasteiger partial charge in [-0.3, -0.25) is 5.43 Å². The number of aryl methyl sites for hydroxylation is 1. The number of ether oxygens (including phenoxy) is 1. The molecule has 1 aliphatic heterocycles. The van der Waals surface area contributed by atoms with Crippen LogP contribution in [0.5, 0.6) is 0 Å². The molecule has 2 heterocycles. The predicted molar refractivity (Wildman–Crippen MR) is 66.8 cm³/mol. The molecule has 1 saturated heterocycles. The van der Waals surface area contributed by atoms with E-state index in [0.717, 1.165) is 24.5 Å². The van der Waals surface area contributed by atoms with Crippen LogP contribution >= 0.6 is 0 Å². The molecule has 0 aliphatic carbocycles. The number of nitrogen functional groups attached to an aromatic ring is 1. The molecule has 1 aromatic rings. The second kappa shape index (κ2) is 4.85. The lowest BCUT2D eigenvalue weighted by molar-refractivity contribution is 0.0340. The quantitative estimate of drug-likeness (QED) is 0.582. The van der Waals surface area contributed by atoms with Crippen molar-refractivity contribution < 1.29 is 4.74 Å². The van der Waals surface area contributed by atoms with Crippen molar-refractivity contribution in [1.82, 2.24) is 9.97 Å². The molecule has 1 fully saturated rings. The zero-order valence-electron chi connectivity index (χ0n) is 10.5. The first-order valence-corrected chi connectivity index (χ1v) is 5.80. The van der Waals surface area contributed by atoms with E-state index in [1.165, 1.54) is 0 Å². The Morgan fingerprint density at radius 1 is 1.53 bits per heavy atom. The van der Waals surface area contributed by atoms with E-state index in [1.54, 1.807) is 6.20 Å². The molecule has 0 radical (unpaired) electrons. The topological polar surface area (TPSA) is 76.3 Å². The van der Waals surface area contributed by atoms with Gasteiger partial charge in [0.2, 0.25) is 5.95 Å². The van der Waals surface area contributed by atoms with Gasteiger partial charge in [0.1, 0.15) is 5.82 Å². The number of rotatable bonds is 2. The molecule has 1 aliphatic rings. The van der Waals surface area contributed by atoms with Gasteiger partial charge in [-0.05, 0) is 20.8 Å². The number of aromatic nitrogens is 2. The standard InChI is InChI=1S/C11H19N5O/c1-7-4-13-11(15-12)14-10(7)16-5-9(3)17-6-8(16)2/h4,8-9H,5-6,12H2,1-3H3,(H,13,14,15). The molecule has 0 aromatic carbocycles. The minimum atomic E-state index is 0.217. The van der Waals surface area contributed by atoms with Gasteiger partial charge in [-0.15, -0.1) is 0 Å². The third-order valence-electron chi connectivity index (χ3n) is 2.95. The second-order valence-corrected chi connectivity index (χ2v) is 4.49. The van der Waals surface area contributed by atoms with Gasteiger partial charge >= 0.3 is 0 Å². The Kier molecular flexibility index (Phi) is 3.44. The maximum atomic E-state index is 5.61. The van der Waals surface area contributed by atoms with Crippen molar-refractivity contribution in [2.24, 2.45) is 5.84 Å². The number of nitrogens with one attached hydrogen (secondary N) is 1. The normalized spacial score (nSPS) is 24.8. The number of hydrazine groups is 1. The number of hydrogen-bond donors (Lipinski definition) is 2. The highest BCUT2D eigenvalue weighted by atomic mass is 16.5. The van der Waals surface area contributed by atoms with Crippen molar-refractivity contribution in [3.63, 3.8) is 0 Å². The van der Waals surface area contributed by atoms with Gasteiger partial charge in [0.25, 0.3) is 0 Å². The van der Waals surface area contributed by atoms with Gasteiger partial charge in [-0.2, -0.15) is 4.98 Å². The Labute approximate surface area is 101 Å². The lowest BCUT2D eigenvalue weighted by Gasteiger charge is -2.38. The summed E-state index contributed by atoms with van der Waals surface area (Å²) in [6, 6.07) is 0.311. The van der Waals surface area contributed by atoms with Crippen LogP contribution < -0.4 is 16.2 Å². The van der Waals surface area contributed by atoms with Crippen molar-refractivity contribution >= 4 is 11.8 Å². The molecule has 2 atom stereocenters. The van der Waals surface area contributed by atoms with E-state index >= 15 is 0 Å². The summed E-state index contributed by atoms with van der Waals surface area (Å²) in [4.78, 5) is 10.8. The van der Waals surface area contributed by atoms with Gasteiger partial charge in [0, 0.05) is 18.3 Å². The van der Waals surface area contributed by atoms with E-state index in [0.29, 0.717) is 12.0 Å². The molecule has 94 valence electrons. The number of hydrogen-bond acceptors (Lipinski definition) is 6. The molecule has 0 saturated carbocycles. The molecular weight excluding hydrogens is 218 g/mol. The zero-order valence-corrected chi connectivity index (χ0v) is 10.5. The molecule has 0 spiro atoms. The number of morpholine rings is 1. The number of nitrogens with zero attached hydrogens (tertiary/aromatic N) is 3. The van der Waals surface area contributed by atoms with Crippen LogP contribution in [0.1, 0.15) is 19.4 Å². The van der Waals surface area contributed by atoms with Gasteiger partial charge in [-0.25, -0.2) is 10.8 Å². The Morgan fingerprint density at radius 2 is 2.29 bits per heavy atom. The summed E-state index contributed by atoms with van der Waals surface area (Å²) in [7, 11) is 0. The fraction of sp³-hybridized carbons (Fsp3) is 0.636. The van der Waals surface area contributed by atoms with Gasteiger partial charge in [0.15, 0.2) is 0 Å². The van der Waals surface area contributed by atoms with Gasteiger partial charge < -0.3 is 9.64 Å². The molecule has 1 aromatic heterocycles. The summed E-state index contributed by atoms with van der Waals surface area (Å²) in [5, 5.41) is 0. The summed E-state index contributed by atoms with van der Waals surface area (Å²) < 4.78 is 5.61. The summed E-state index contributed by atoms with van der Waals surface area (Å²) in [5.41, 5.74) is 3.53. The Bertz CT molecular complexity index is 397. The van der Waals surface area contributed by atoms with Gasteiger partial charge in [-0.1, -0.05) is 0 Å². The number of nitrogens with two attached hydrogens (primary N) is 1. The maximum absolute atomic E-state index is 5.61. The number of anilines is 2. The monoisotopic (exact) mass is 237 g/mol. The third-order valence-corrected chi connectivity index (χ3v) is 2.95. The predicted octanol–water partition coefficient (Wildman–Crippen LogP) is 0.684. The SMILES string of the molecule is Cc1cnc(NN)nc1N1CC(C)OCC1C. The Hall–Kier alpha value is -1.40. The Morgan fingerprint density at radius 3 is 3.00 bits per heavy atom. The first-order valence-electron chi connectivity index (χ1n) is 5.80. The van der Waals surface area contributed by atoms with Gasteiger partial charge in [0.05, 0.1) is 18.8 Å². The highest BCUT2D eigenvalue weighted by Gasteiger charge is 2.25. The maximum Gasteiger partial charge on any atom is 0.239 e. The van der Waals surface area contributed by atoms with Crippen LogP contribution in [-0.2, 0) is 4.74 Å². The van der Waals surface area contributed by atoms with Crippen molar-refractivity contribution in [2.45, 2.75) is 32.9 Å². The minimum absolute atomic E-state index is 0.217. The molecule has 6 heteroatoms. The van der Waals surface area contributed by atoms with Crippen LogP contribution in [0.4, 0.5) is 11.8 Å². The molecule has 2 unspecified atom stereocenters. The van der Waals surface area contributed by atoms with Crippen molar-refractivity contribution in [3.8, 4) is 0 Å². The average molecular weight is 237 g/mol. The fourth-order valence-electron chi connectivity index (χ4n) is 1.99. The van der Waals surface area contributed by atoms with Crippen LogP contribution in [0.2, 0.25) is 0 Å². The third kappa shape index (κ3) is 2.48. The minimum Gasteiger partial charge on any atom is -0.375 e. The fourth-order valence-corrected chi connectivity index (χ4v) is 1.99. The molecule has 2 rings (SSSR count). The molecular formula is C11H19N5O. The first-order chi connectivity index (χ1) is 8.11. The molecule has 17 heavy (non-hydrogen) atoms. The average Bonchev–Trinajstić information content (AvgIpc) is 2.33. The first kappa shape index (κ1) is 12.1. The van der Waals surface area contributed by atoms with E-state index < -0.39 is 0 Å². The van der Waals surface area contributed by atoms with E-state index in [4.69, 9.17) is 10.6 Å². The molecule has 0 amide bonds. The van der Waals surface area contributed by atoms with Crippen LogP contribution in [-0.4, -0.2) is 35.3 Å². The van der Waals surface area contributed by atoms with Crippen molar-refractivity contribution in [2.75, 3.05) is 23.5 Å². The lowest BCUT2D eigenvalue weighted by Crippen LogP contribution is -2.48. The van der Waals surface area contributed by atoms with Crippen LogP contribution in [0.15, 0.2) is 6.20 Å². The van der Waals surface area contributed by atoms with E-state index in [9.17, 15) is 0 Å². The summed E-state index contributed by atoms with van der Waals surface area (Å²) in [5.74, 6) is 6.71. The highest BCUT2D eigenvalue weighted by Crippen LogP contribution is 2.23.